The second-order valence-electron chi connectivity index (χ2n) is 8.78. The molecule has 0 spiro atoms. The summed E-state index contributed by atoms with van der Waals surface area (Å²) in [6, 6.07) is 6.97. The van der Waals surface area contributed by atoms with Crippen LogP contribution in [0.1, 0.15) is 60.0 Å². The van der Waals surface area contributed by atoms with Crippen molar-refractivity contribution in [2.75, 3.05) is 19.6 Å². The minimum absolute atomic E-state index is 0.174. The van der Waals surface area contributed by atoms with Crippen molar-refractivity contribution >= 4 is 11.8 Å². The molecule has 0 aromatic heterocycles. The summed E-state index contributed by atoms with van der Waals surface area (Å²) < 4.78 is 0. The molecule has 2 saturated heterocycles. The van der Waals surface area contributed by atoms with Crippen molar-refractivity contribution in [3.05, 3.63) is 34.9 Å². The van der Waals surface area contributed by atoms with Crippen LogP contribution >= 0.6 is 0 Å². The Labute approximate surface area is 161 Å². The van der Waals surface area contributed by atoms with Crippen LogP contribution in [-0.4, -0.2) is 53.3 Å². The van der Waals surface area contributed by atoms with Crippen molar-refractivity contribution in [1.29, 1.82) is 0 Å². The Morgan fingerprint density at radius 1 is 1.07 bits per heavy atom. The lowest BCUT2D eigenvalue weighted by Gasteiger charge is -2.33. The van der Waals surface area contributed by atoms with E-state index in [4.69, 9.17) is 0 Å². The van der Waals surface area contributed by atoms with Crippen LogP contribution in [0.5, 0.6) is 0 Å². The maximum absolute atomic E-state index is 12.9. The fraction of sp³-hybridized carbons (Fsp3) is 0.636. The van der Waals surface area contributed by atoms with Crippen molar-refractivity contribution in [3.8, 4) is 0 Å². The lowest BCUT2D eigenvalue weighted by molar-refractivity contribution is -0.137. The number of nitrogens with one attached hydrogen (secondary N) is 1. The molecule has 1 aromatic carbocycles. The van der Waals surface area contributed by atoms with Gasteiger partial charge >= 0.3 is 0 Å². The van der Waals surface area contributed by atoms with E-state index in [0.29, 0.717) is 24.5 Å². The molecule has 1 saturated carbocycles. The molecule has 5 rings (SSSR count). The summed E-state index contributed by atoms with van der Waals surface area (Å²) >= 11 is 0. The van der Waals surface area contributed by atoms with Crippen molar-refractivity contribution in [3.63, 3.8) is 0 Å². The zero-order valence-corrected chi connectivity index (χ0v) is 16.0. The van der Waals surface area contributed by atoms with Crippen LogP contribution in [0.3, 0.4) is 0 Å². The fourth-order valence-corrected chi connectivity index (χ4v) is 5.46. The number of hydrogen-bond acceptors (Lipinski definition) is 3. The Morgan fingerprint density at radius 2 is 1.93 bits per heavy atom. The molecule has 2 amide bonds. The highest BCUT2D eigenvalue weighted by molar-refractivity contribution is 5.95. The van der Waals surface area contributed by atoms with E-state index in [-0.39, 0.29) is 11.8 Å². The summed E-state index contributed by atoms with van der Waals surface area (Å²) in [4.78, 5) is 29.9. The topological polar surface area (TPSA) is 52.7 Å². The largest absolute Gasteiger partial charge is 0.338 e. The van der Waals surface area contributed by atoms with Gasteiger partial charge in [0.25, 0.3) is 5.91 Å². The lowest BCUT2D eigenvalue weighted by atomic mass is 9.87. The minimum atomic E-state index is 0.174. The van der Waals surface area contributed by atoms with Crippen LogP contribution in [0, 0.1) is 5.92 Å². The number of amides is 2. The van der Waals surface area contributed by atoms with Crippen molar-refractivity contribution < 1.29 is 9.59 Å². The second-order valence-corrected chi connectivity index (χ2v) is 8.78. The van der Waals surface area contributed by atoms with E-state index < -0.39 is 0 Å². The molecule has 2 atom stereocenters. The van der Waals surface area contributed by atoms with Gasteiger partial charge in [-0.25, -0.2) is 0 Å². The molecule has 3 heterocycles. The summed E-state index contributed by atoms with van der Waals surface area (Å²) in [6.07, 6.45) is 7.74. The van der Waals surface area contributed by atoms with E-state index >= 15 is 0 Å². The highest BCUT2D eigenvalue weighted by Crippen LogP contribution is 2.29. The smallest absolute Gasteiger partial charge is 0.254 e. The molecule has 1 aliphatic carbocycles. The molecule has 2 bridgehead atoms. The van der Waals surface area contributed by atoms with Crippen molar-refractivity contribution in [2.24, 2.45) is 5.92 Å². The maximum Gasteiger partial charge on any atom is 0.254 e. The molecule has 5 nitrogen and oxygen atoms in total. The van der Waals surface area contributed by atoms with Gasteiger partial charge in [0, 0.05) is 49.7 Å². The van der Waals surface area contributed by atoms with E-state index in [1.165, 1.54) is 30.4 Å². The van der Waals surface area contributed by atoms with E-state index in [1.807, 2.05) is 15.9 Å². The zero-order valence-electron chi connectivity index (χ0n) is 16.0. The second kappa shape index (κ2) is 6.93. The van der Waals surface area contributed by atoms with Crippen LogP contribution in [0.15, 0.2) is 18.2 Å². The van der Waals surface area contributed by atoms with E-state index in [2.05, 4.69) is 17.4 Å². The van der Waals surface area contributed by atoms with Crippen molar-refractivity contribution in [2.45, 2.75) is 63.6 Å². The van der Waals surface area contributed by atoms with Gasteiger partial charge in [0.1, 0.15) is 0 Å². The Balaban J connectivity index is 1.28. The predicted octanol–water partition coefficient (Wildman–Crippen LogP) is 2.34. The third kappa shape index (κ3) is 3.16. The zero-order chi connectivity index (χ0) is 18.4. The molecule has 0 radical (unpaired) electrons. The highest BCUT2D eigenvalue weighted by Gasteiger charge is 2.40. The Bertz CT molecular complexity index is 756. The van der Waals surface area contributed by atoms with Gasteiger partial charge in [-0.2, -0.15) is 0 Å². The number of carbonyl (C=O) groups is 2. The molecule has 27 heavy (non-hydrogen) atoms. The van der Waals surface area contributed by atoms with E-state index in [0.717, 1.165) is 50.9 Å². The first-order valence-corrected chi connectivity index (χ1v) is 10.6. The molecule has 1 aromatic rings. The number of rotatable bonds is 2. The molecule has 144 valence electrons. The number of piperazine rings is 1. The first kappa shape index (κ1) is 17.2. The molecular formula is C22H29N3O2. The Morgan fingerprint density at radius 3 is 2.67 bits per heavy atom. The fourth-order valence-electron chi connectivity index (χ4n) is 5.46. The standard InChI is InChI=1S/C22H29N3O2/c26-21(15-4-2-1-3-5-15)24-9-8-16-10-17(6-7-18(16)13-24)22(27)25-14-19-11-20(25)12-23-19/h6-7,10,15,19-20,23H,1-5,8-9,11-14H2/t19-,20-/m0/s1. The average molecular weight is 367 g/mol. The summed E-state index contributed by atoms with van der Waals surface area (Å²) in [6.45, 7) is 3.26. The van der Waals surface area contributed by atoms with Gasteiger partial charge < -0.3 is 15.1 Å². The summed E-state index contributed by atoms with van der Waals surface area (Å²) in [5, 5.41) is 3.45. The lowest BCUT2D eigenvalue weighted by Crippen LogP contribution is -2.46. The molecule has 5 heteroatoms. The van der Waals surface area contributed by atoms with E-state index in [9.17, 15) is 9.59 Å². The average Bonchev–Trinajstić information content (AvgIpc) is 3.36. The number of likely N-dealkylation sites (tertiary alicyclic amines) is 1. The van der Waals surface area contributed by atoms with Crippen LogP contribution in [0.2, 0.25) is 0 Å². The first-order chi connectivity index (χ1) is 13.2. The molecule has 0 unspecified atom stereocenters. The maximum atomic E-state index is 12.9. The number of benzene rings is 1. The highest BCUT2D eigenvalue weighted by atomic mass is 16.2. The van der Waals surface area contributed by atoms with Crippen LogP contribution in [-0.2, 0) is 17.8 Å². The third-order valence-electron chi connectivity index (χ3n) is 7.05. The molecule has 4 aliphatic rings. The van der Waals surface area contributed by atoms with Gasteiger partial charge in [0.2, 0.25) is 5.91 Å². The molecule has 3 fully saturated rings. The van der Waals surface area contributed by atoms with Crippen molar-refractivity contribution in [1.82, 2.24) is 15.1 Å². The van der Waals surface area contributed by atoms with Gasteiger partial charge in [-0.15, -0.1) is 0 Å². The predicted molar refractivity (Wildman–Crippen MR) is 103 cm³/mol. The summed E-state index contributed by atoms with van der Waals surface area (Å²) in [5.74, 6) is 0.758. The van der Waals surface area contributed by atoms with Gasteiger partial charge in [-0.1, -0.05) is 25.3 Å². The van der Waals surface area contributed by atoms with Gasteiger partial charge in [0.05, 0.1) is 0 Å². The quantitative estimate of drug-likeness (QED) is 0.873. The summed E-state index contributed by atoms with van der Waals surface area (Å²) in [5.41, 5.74) is 3.27. The molecule has 3 aliphatic heterocycles. The van der Waals surface area contributed by atoms with Crippen LogP contribution in [0.4, 0.5) is 0 Å². The first-order valence-electron chi connectivity index (χ1n) is 10.6. The molecular weight excluding hydrogens is 338 g/mol. The number of hydrogen-bond donors (Lipinski definition) is 1. The number of carbonyl (C=O) groups excluding carboxylic acids is 2. The van der Waals surface area contributed by atoms with Gasteiger partial charge in [-0.05, 0) is 48.9 Å². The normalized spacial score (nSPS) is 27.7. The SMILES string of the molecule is O=C(C1CCCCC1)N1CCc2cc(C(=O)N3C[C@@H]4C[C@H]3CN4)ccc2C1. The minimum Gasteiger partial charge on any atom is -0.338 e. The van der Waals surface area contributed by atoms with Crippen LogP contribution < -0.4 is 5.32 Å². The summed E-state index contributed by atoms with van der Waals surface area (Å²) in [7, 11) is 0. The Hall–Kier alpha value is -1.88. The third-order valence-corrected chi connectivity index (χ3v) is 7.05. The van der Waals surface area contributed by atoms with Crippen LogP contribution in [0.25, 0.3) is 0 Å². The molecule has 1 N–H and O–H groups in total. The van der Waals surface area contributed by atoms with E-state index in [1.54, 1.807) is 0 Å². The number of fused-ring (bicyclic) bond motifs is 3. The Kier molecular flexibility index (Phi) is 4.43. The van der Waals surface area contributed by atoms with Gasteiger partial charge in [0.15, 0.2) is 0 Å². The van der Waals surface area contributed by atoms with Gasteiger partial charge in [-0.3, -0.25) is 9.59 Å². The number of nitrogens with zero attached hydrogens (tertiary/aromatic N) is 2. The monoisotopic (exact) mass is 367 g/mol.